The number of hydrogen-bond donors (Lipinski definition) is 0. The monoisotopic (exact) mass is 439 g/mol. The highest BCUT2D eigenvalue weighted by Crippen LogP contribution is 2.27. The Labute approximate surface area is 184 Å². The second-order valence-electron chi connectivity index (χ2n) is 8.11. The first kappa shape index (κ1) is 21.4. The number of hydrogen-bond acceptors (Lipinski definition) is 5. The lowest BCUT2D eigenvalue weighted by Gasteiger charge is -2.28. The van der Waals surface area contributed by atoms with Crippen molar-refractivity contribution in [1.82, 2.24) is 14.5 Å². The Bertz CT molecular complexity index is 1150. The van der Waals surface area contributed by atoms with E-state index < -0.39 is 10.0 Å². The van der Waals surface area contributed by atoms with E-state index in [-0.39, 0.29) is 4.90 Å². The molecule has 0 amide bonds. The molecule has 0 N–H and O–H groups in total. The van der Waals surface area contributed by atoms with E-state index in [0.29, 0.717) is 24.7 Å². The number of benzene rings is 1. The highest BCUT2D eigenvalue weighted by molar-refractivity contribution is 7.92. The summed E-state index contributed by atoms with van der Waals surface area (Å²) in [4.78, 5) is 11.7. The molecule has 3 aromatic rings. The second-order valence-corrected chi connectivity index (χ2v) is 9.97. The molecule has 7 nitrogen and oxygen atoms in total. The molecular weight excluding hydrogens is 410 g/mol. The summed E-state index contributed by atoms with van der Waals surface area (Å²) in [7, 11) is -1.59. The molecule has 4 rings (SSSR count). The minimum atomic E-state index is -3.68. The van der Waals surface area contributed by atoms with Crippen LogP contribution < -0.4 is 9.21 Å². The normalized spacial score (nSPS) is 14.0. The molecule has 0 unspecified atom stereocenters. The van der Waals surface area contributed by atoms with Gasteiger partial charge in [-0.15, -0.1) is 0 Å². The lowest BCUT2D eigenvalue weighted by Crippen LogP contribution is -2.32. The number of fused-ring (bicyclic) bond motifs is 1. The predicted molar refractivity (Wildman–Crippen MR) is 123 cm³/mol. The lowest BCUT2D eigenvalue weighted by molar-refractivity contribution is 0.591. The fraction of sp³-hybridized carbons (Fsp3) is 0.391. The van der Waals surface area contributed by atoms with Crippen molar-refractivity contribution < 1.29 is 8.42 Å². The van der Waals surface area contributed by atoms with Crippen LogP contribution in [0, 0.1) is 0 Å². The molecule has 0 radical (unpaired) electrons. The maximum absolute atomic E-state index is 13.2. The number of anilines is 2. The topological polar surface area (TPSA) is 71.3 Å². The molecule has 0 bridgehead atoms. The van der Waals surface area contributed by atoms with Crippen molar-refractivity contribution in [1.29, 1.82) is 0 Å². The summed E-state index contributed by atoms with van der Waals surface area (Å²) in [5.74, 6) is 2.24. The molecule has 0 atom stereocenters. The van der Waals surface area contributed by atoms with Gasteiger partial charge in [0.15, 0.2) is 0 Å². The van der Waals surface area contributed by atoms with Crippen LogP contribution in [0.5, 0.6) is 0 Å². The van der Waals surface area contributed by atoms with Gasteiger partial charge >= 0.3 is 0 Å². The molecule has 0 saturated carbocycles. The smallest absolute Gasteiger partial charge is 0.265 e. The summed E-state index contributed by atoms with van der Waals surface area (Å²) >= 11 is 0. The van der Waals surface area contributed by atoms with Gasteiger partial charge in [0.1, 0.15) is 16.5 Å². The van der Waals surface area contributed by atoms with Crippen molar-refractivity contribution in [2.24, 2.45) is 7.05 Å². The molecule has 0 fully saturated rings. The Balaban J connectivity index is 1.57. The number of rotatable bonds is 6. The van der Waals surface area contributed by atoms with E-state index in [9.17, 15) is 8.42 Å². The van der Waals surface area contributed by atoms with E-state index in [2.05, 4.69) is 35.3 Å². The minimum Gasteiger partial charge on any atom is -0.350 e. The molecule has 3 heterocycles. The van der Waals surface area contributed by atoms with Gasteiger partial charge in [0.2, 0.25) is 0 Å². The fourth-order valence-corrected chi connectivity index (χ4v) is 5.61. The van der Waals surface area contributed by atoms with Gasteiger partial charge in [0.05, 0.1) is 17.9 Å². The number of imidazole rings is 1. The number of sulfonamides is 1. The standard InChI is InChI=1S/C23H29N5O2S/c1-5-28(18-9-7-6-8-10-18)31(29,30)19-11-12-22(24-15-19)27-14-13-21-20(16-27)25-23(17(2)3)26(21)4/h6-12,15,17H,5,13-14,16H2,1-4H3. The van der Waals surface area contributed by atoms with Gasteiger partial charge in [0.25, 0.3) is 10.0 Å². The number of aromatic nitrogens is 3. The first-order valence-electron chi connectivity index (χ1n) is 10.7. The molecule has 1 aliphatic rings. The van der Waals surface area contributed by atoms with Gasteiger partial charge in [-0.1, -0.05) is 32.0 Å². The zero-order valence-electron chi connectivity index (χ0n) is 18.5. The Morgan fingerprint density at radius 2 is 1.87 bits per heavy atom. The van der Waals surface area contributed by atoms with Crippen LogP contribution in [0.3, 0.4) is 0 Å². The Morgan fingerprint density at radius 3 is 2.48 bits per heavy atom. The van der Waals surface area contributed by atoms with Crippen molar-refractivity contribution >= 4 is 21.5 Å². The average Bonchev–Trinajstić information content (AvgIpc) is 3.11. The molecule has 8 heteroatoms. The van der Waals surface area contributed by atoms with Gasteiger partial charge in [-0.2, -0.15) is 0 Å². The third kappa shape index (κ3) is 3.92. The second kappa shape index (κ2) is 8.34. The van der Waals surface area contributed by atoms with Crippen LogP contribution in [0.2, 0.25) is 0 Å². The molecule has 0 spiro atoms. The fourth-order valence-electron chi connectivity index (χ4n) is 4.19. The van der Waals surface area contributed by atoms with Gasteiger partial charge in [-0.05, 0) is 31.2 Å². The predicted octanol–water partition coefficient (Wildman–Crippen LogP) is 3.72. The molecule has 31 heavy (non-hydrogen) atoms. The van der Waals surface area contributed by atoms with Crippen molar-refractivity contribution in [2.45, 2.75) is 44.6 Å². The SMILES string of the molecule is CCN(c1ccccc1)S(=O)(=O)c1ccc(N2CCc3c(nc(C(C)C)n3C)C2)nc1. The third-order valence-electron chi connectivity index (χ3n) is 5.77. The van der Waals surface area contributed by atoms with Crippen LogP contribution in [-0.2, 0) is 30.0 Å². The van der Waals surface area contributed by atoms with Gasteiger partial charge in [0, 0.05) is 44.4 Å². The van der Waals surface area contributed by atoms with E-state index in [1.54, 1.807) is 24.3 Å². The third-order valence-corrected chi connectivity index (χ3v) is 7.66. The first-order valence-corrected chi connectivity index (χ1v) is 12.1. The summed E-state index contributed by atoms with van der Waals surface area (Å²) in [6.07, 6.45) is 2.36. The van der Waals surface area contributed by atoms with Gasteiger partial charge in [-0.3, -0.25) is 4.31 Å². The van der Waals surface area contributed by atoms with E-state index in [4.69, 9.17) is 4.98 Å². The summed E-state index contributed by atoms with van der Waals surface area (Å²) in [6, 6.07) is 12.6. The Kier molecular flexibility index (Phi) is 5.75. The molecule has 0 saturated heterocycles. The van der Waals surface area contributed by atoms with Crippen molar-refractivity contribution in [2.75, 3.05) is 22.3 Å². The van der Waals surface area contributed by atoms with E-state index in [1.807, 2.05) is 25.1 Å². The highest BCUT2D eigenvalue weighted by Gasteiger charge is 2.26. The van der Waals surface area contributed by atoms with Crippen LogP contribution in [0.1, 0.15) is 43.9 Å². The first-order chi connectivity index (χ1) is 14.8. The highest BCUT2D eigenvalue weighted by atomic mass is 32.2. The molecule has 0 aliphatic carbocycles. The molecule has 1 aromatic carbocycles. The summed E-state index contributed by atoms with van der Waals surface area (Å²) < 4.78 is 30.0. The maximum Gasteiger partial charge on any atom is 0.265 e. The van der Waals surface area contributed by atoms with Crippen LogP contribution >= 0.6 is 0 Å². The van der Waals surface area contributed by atoms with E-state index in [0.717, 1.165) is 30.3 Å². The Morgan fingerprint density at radius 1 is 1.13 bits per heavy atom. The minimum absolute atomic E-state index is 0.194. The summed E-state index contributed by atoms with van der Waals surface area (Å²) in [5, 5.41) is 0. The Hall–Kier alpha value is -2.87. The summed E-state index contributed by atoms with van der Waals surface area (Å²) in [5.41, 5.74) is 3.01. The van der Waals surface area contributed by atoms with Gasteiger partial charge in [-0.25, -0.2) is 18.4 Å². The summed E-state index contributed by atoms with van der Waals surface area (Å²) in [6.45, 7) is 7.99. The van der Waals surface area contributed by atoms with Crippen LogP contribution in [0.25, 0.3) is 0 Å². The van der Waals surface area contributed by atoms with Crippen molar-refractivity contribution in [3.8, 4) is 0 Å². The number of pyridine rings is 1. The average molecular weight is 440 g/mol. The van der Waals surface area contributed by atoms with Crippen molar-refractivity contribution in [3.63, 3.8) is 0 Å². The maximum atomic E-state index is 13.2. The lowest BCUT2D eigenvalue weighted by atomic mass is 10.1. The largest absolute Gasteiger partial charge is 0.350 e. The van der Waals surface area contributed by atoms with Crippen molar-refractivity contribution in [3.05, 3.63) is 65.9 Å². The molecule has 1 aliphatic heterocycles. The zero-order valence-corrected chi connectivity index (χ0v) is 19.3. The van der Waals surface area contributed by atoms with Gasteiger partial charge < -0.3 is 9.47 Å². The number of nitrogens with zero attached hydrogens (tertiary/aromatic N) is 5. The molecular formula is C23H29N5O2S. The molecule has 2 aromatic heterocycles. The zero-order chi connectivity index (χ0) is 22.2. The van der Waals surface area contributed by atoms with E-state index >= 15 is 0 Å². The van der Waals surface area contributed by atoms with Crippen LogP contribution in [-0.4, -0.2) is 36.0 Å². The van der Waals surface area contributed by atoms with Crippen LogP contribution in [0.4, 0.5) is 11.5 Å². The van der Waals surface area contributed by atoms with E-state index in [1.165, 1.54) is 16.2 Å². The quantitative estimate of drug-likeness (QED) is 0.585. The molecule has 164 valence electrons. The number of para-hydroxylation sites is 1. The van der Waals surface area contributed by atoms with Crippen LogP contribution in [0.15, 0.2) is 53.6 Å².